The zero-order valence-electron chi connectivity index (χ0n) is 12.8. The predicted octanol–water partition coefficient (Wildman–Crippen LogP) is 3.23. The van der Waals surface area contributed by atoms with Gasteiger partial charge in [0.25, 0.3) is 5.56 Å². The molecule has 2 N–H and O–H groups in total. The molecule has 1 heterocycles. The molecule has 3 aromatic rings. The number of nitrogens with two attached hydrogens (primary N) is 1. The van der Waals surface area contributed by atoms with Crippen molar-refractivity contribution in [3.63, 3.8) is 0 Å². The molecular weight excluding hydrogens is 312 g/mol. The summed E-state index contributed by atoms with van der Waals surface area (Å²) in [4.78, 5) is 12.5. The molecule has 3 rings (SSSR count). The fraction of sp³-hybridized carbons (Fsp3) is 0.167. The molecule has 0 radical (unpaired) electrons. The maximum atomic E-state index is 12.5. The van der Waals surface area contributed by atoms with E-state index in [4.69, 9.17) is 22.1 Å². The lowest BCUT2D eigenvalue weighted by Crippen LogP contribution is -2.23. The van der Waals surface area contributed by atoms with Crippen LogP contribution < -0.4 is 16.0 Å². The Morgan fingerprint density at radius 2 is 1.87 bits per heavy atom. The minimum absolute atomic E-state index is 0.107. The molecule has 0 aliphatic carbocycles. The molecule has 0 saturated carbocycles. The van der Waals surface area contributed by atoms with Crippen LogP contribution in [0.1, 0.15) is 11.3 Å². The van der Waals surface area contributed by atoms with Gasteiger partial charge >= 0.3 is 0 Å². The van der Waals surface area contributed by atoms with Crippen LogP contribution in [0.2, 0.25) is 5.02 Å². The molecule has 0 unspecified atom stereocenters. The van der Waals surface area contributed by atoms with Crippen molar-refractivity contribution in [3.8, 4) is 5.75 Å². The highest BCUT2D eigenvalue weighted by Gasteiger charge is 2.15. The monoisotopic (exact) mass is 328 g/mol. The third-order valence-corrected chi connectivity index (χ3v) is 4.08. The van der Waals surface area contributed by atoms with Crippen molar-refractivity contribution in [1.29, 1.82) is 0 Å². The Morgan fingerprint density at radius 3 is 2.57 bits per heavy atom. The van der Waals surface area contributed by atoms with Gasteiger partial charge in [0.05, 0.1) is 11.1 Å². The van der Waals surface area contributed by atoms with E-state index in [-0.39, 0.29) is 12.1 Å². The first kappa shape index (κ1) is 15.6. The summed E-state index contributed by atoms with van der Waals surface area (Å²) in [6.45, 7) is 0.603. The van der Waals surface area contributed by atoms with Gasteiger partial charge < -0.3 is 15.0 Å². The fourth-order valence-electron chi connectivity index (χ4n) is 2.62. The second-order valence-corrected chi connectivity index (χ2v) is 5.74. The number of hydrogen-bond donors (Lipinski definition) is 1. The number of pyridine rings is 1. The maximum absolute atomic E-state index is 12.5. The minimum atomic E-state index is -0.107. The summed E-state index contributed by atoms with van der Waals surface area (Å²) in [5.41, 5.74) is 7.43. The molecule has 118 valence electrons. The van der Waals surface area contributed by atoms with Gasteiger partial charge in [-0.25, -0.2) is 0 Å². The Kier molecular flexibility index (Phi) is 4.37. The molecule has 0 fully saturated rings. The van der Waals surface area contributed by atoms with Crippen LogP contribution in [0.15, 0.2) is 53.3 Å². The molecule has 0 amide bonds. The standard InChI is InChI=1S/C18H17ClN2O2/c1-21-16(10-20)17(23-11-12-5-3-2-4-6-12)15-9-13(19)7-8-14(15)18(21)22/h2-9H,10-11,20H2,1H3. The smallest absolute Gasteiger partial charge is 0.258 e. The van der Waals surface area contributed by atoms with Crippen molar-refractivity contribution in [3.05, 3.63) is 75.2 Å². The normalized spacial score (nSPS) is 10.9. The topological polar surface area (TPSA) is 57.2 Å². The van der Waals surface area contributed by atoms with E-state index in [1.165, 1.54) is 4.57 Å². The molecule has 2 aromatic carbocycles. The van der Waals surface area contributed by atoms with Gasteiger partial charge in [0, 0.05) is 24.0 Å². The Labute approximate surface area is 139 Å². The van der Waals surface area contributed by atoms with E-state index in [2.05, 4.69) is 0 Å². The number of hydrogen-bond acceptors (Lipinski definition) is 3. The average Bonchev–Trinajstić information content (AvgIpc) is 2.57. The molecule has 4 nitrogen and oxygen atoms in total. The predicted molar refractivity (Wildman–Crippen MR) is 92.9 cm³/mol. The van der Waals surface area contributed by atoms with Gasteiger partial charge in [0.2, 0.25) is 0 Å². The number of fused-ring (bicyclic) bond motifs is 1. The number of benzene rings is 2. The second-order valence-electron chi connectivity index (χ2n) is 5.31. The summed E-state index contributed by atoms with van der Waals surface area (Å²) in [6, 6.07) is 15.0. The highest BCUT2D eigenvalue weighted by Crippen LogP contribution is 2.30. The summed E-state index contributed by atoms with van der Waals surface area (Å²) < 4.78 is 7.56. The van der Waals surface area contributed by atoms with E-state index in [9.17, 15) is 4.79 Å². The molecule has 5 heteroatoms. The van der Waals surface area contributed by atoms with Crippen molar-refractivity contribution in [2.45, 2.75) is 13.2 Å². The Hall–Kier alpha value is -2.30. The highest BCUT2D eigenvalue weighted by molar-refractivity contribution is 6.31. The lowest BCUT2D eigenvalue weighted by Gasteiger charge is -2.17. The Balaban J connectivity index is 2.15. The number of halogens is 1. The number of rotatable bonds is 4. The lowest BCUT2D eigenvalue weighted by molar-refractivity contribution is 0.303. The van der Waals surface area contributed by atoms with Crippen molar-refractivity contribution >= 4 is 22.4 Å². The molecule has 0 aliphatic rings. The first-order valence-corrected chi connectivity index (χ1v) is 7.67. The van der Waals surface area contributed by atoms with E-state index >= 15 is 0 Å². The van der Waals surface area contributed by atoms with Crippen LogP contribution in [0.5, 0.6) is 5.75 Å². The Morgan fingerprint density at radius 1 is 1.13 bits per heavy atom. The second kappa shape index (κ2) is 6.44. The first-order valence-electron chi connectivity index (χ1n) is 7.29. The SMILES string of the molecule is Cn1c(CN)c(OCc2ccccc2)c2cc(Cl)ccc2c1=O. The van der Waals surface area contributed by atoms with E-state index in [1.54, 1.807) is 25.2 Å². The van der Waals surface area contributed by atoms with Gasteiger partial charge in [-0.1, -0.05) is 41.9 Å². The molecule has 23 heavy (non-hydrogen) atoms. The zero-order chi connectivity index (χ0) is 16.4. The van der Waals surface area contributed by atoms with Gasteiger partial charge in [0.15, 0.2) is 0 Å². The van der Waals surface area contributed by atoms with Gasteiger partial charge in [-0.3, -0.25) is 4.79 Å². The zero-order valence-corrected chi connectivity index (χ0v) is 13.5. The van der Waals surface area contributed by atoms with Gasteiger partial charge in [-0.2, -0.15) is 0 Å². The summed E-state index contributed by atoms with van der Waals surface area (Å²) in [7, 11) is 1.70. The maximum Gasteiger partial charge on any atom is 0.258 e. The third kappa shape index (κ3) is 2.96. The van der Waals surface area contributed by atoms with Gasteiger partial charge in [-0.05, 0) is 23.8 Å². The van der Waals surface area contributed by atoms with E-state index in [0.29, 0.717) is 33.8 Å². The quantitative estimate of drug-likeness (QED) is 0.800. The minimum Gasteiger partial charge on any atom is -0.486 e. The summed E-state index contributed by atoms with van der Waals surface area (Å²) in [5, 5.41) is 1.81. The number of ether oxygens (including phenoxy) is 1. The molecule has 0 spiro atoms. The van der Waals surface area contributed by atoms with E-state index < -0.39 is 0 Å². The van der Waals surface area contributed by atoms with E-state index in [1.807, 2.05) is 30.3 Å². The fourth-order valence-corrected chi connectivity index (χ4v) is 2.79. The number of aromatic nitrogens is 1. The van der Waals surface area contributed by atoms with Crippen LogP contribution in [0.3, 0.4) is 0 Å². The lowest BCUT2D eigenvalue weighted by atomic mass is 10.1. The molecule has 0 atom stereocenters. The largest absolute Gasteiger partial charge is 0.486 e. The third-order valence-electron chi connectivity index (χ3n) is 3.85. The Bertz CT molecular complexity index is 904. The number of nitrogens with zero attached hydrogens (tertiary/aromatic N) is 1. The average molecular weight is 329 g/mol. The highest BCUT2D eigenvalue weighted by atomic mass is 35.5. The van der Waals surface area contributed by atoms with Crippen LogP contribution in [-0.2, 0) is 20.2 Å². The van der Waals surface area contributed by atoms with E-state index in [0.717, 1.165) is 5.56 Å². The molecule has 0 saturated heterocycles. The summed E-state index contributed by atoms with van der Waals surface area (Å²) in [6.07, 6.45) is 0. The summed E-state index contributed by atoms with van der Waals surface area (Å²) >= 11 is 6.10. The van der Waals surface area contributed by atoms with Crippen LogP contribution in [0.25, 0.3) is 10.8 Å². The van der Waals surface area contributed by atoms with Gasteiger partial charge in [-0.15, -0.1) is 0 Å². The van der Waals surface area contributed by atoms with Crippen molar-refractivity contribution in [1.82, 2.24) is 4.57 Å². The van der Waals surface area contributed by atoms with Crippen molar-refractivity contribution < 1.29 is 4.74 Å². The van der Waals surface area contributed by atoms with Crippen LogP contribution in [0.4, 0.5) is 0 Å². The molecule has 1 aromatic heterocycles. The summed E-state index contributed by atoms with van der Waals surface area (Å²) in [5.74, 6) is 0.607. The van der Waals surface area contributed by atoms with Gasteiger partial charge in [0.1, 0.15) is 12.4 Å². The van der Waals surface area contributed by atoms with Crippen molar-refractivity contribution in [2.24, 2.45) is 12.8 Å². The molecular formula is C18H17ClN2O2. The first-order chi connectivity index (χ1) is 11.1. The van der Waals surface area contributed by atoms with Crippen LogP contribution in [0, 0.1) is 0 Å². The van der Waals surface area contributed by atoms with Crippen LogP contribution in [-0.4, -0.2) is 4.57 Å². The molecule has 0 bridgehead atoms. The van der Waals surface area contributed by atoms with Crippen LogP contribution >= 0.6 is 11.6 Å². The van der Waals surface area contributed by atoms with Crippen molar-refractivity contribution in [2.75, 3.05) is 0 Å². The molecule has 0 aliphatic heterocycles.